The normalized spacial score (nSPS) is 21.6. The number of rotatable bonds is 1. The molecule has 18 heavy (non-hydrogen) atoms. The molecule has 96 valence electrons. The molecule has 0 N–H and O–H groups in total. The van der Waals surface area contributed by atoms with Gasteiger partial charge >= 0.3 is 6.09 Å². The molecule has 0 bridgehead atoms. The van der Waals surface area contributed by atoms with E-state index in [0.717, 1.165) is 37.2 Å². The van der Waals surface area contributed by atoms with Gasteiger partial charge in [-0.25, -0.2) is 9.21 Å². The summed E-state index contributed by atoms with van der Waals surface area (Å²) in [5.41, 5.74) is 2.06. The highest BCUT2D eigenvalue weighted by atomic mass is 35.5. The fourth-order valence-electron chi connectivity index (χ4n) is 2.61. The molecule has 2 aliphatic heterocycles. The van der Waals surface area contributed by atoms with Gasteiger partial charge in [0, 0.05) is 24.7 Å². The molecule has 2 heterocycles. The number of piperidine rings is 1. The summed E-state index contributed by atoms with van der Waals surface area (Å²) < 4.78 is 7.01. The van der Waals surface area contributed by atoms with Crippen LogP contribution in [-0.4, -0.2) is 29.6 Å². The number of carbonyl (C=O) groups excluding carboxylic acids is 1. The quantitative estimate of drug-likeness (QED) is 0.733. The molecule has 3 rings (SSSR count). The Balaban J connectivity index is 1.88. The number of anilines is 1. The number of carbonyl (C=O) groups is 1. The summed E-state index contributed by atoms with van der Waals surface area (Å²) >= 11 is 5.96. The van der Waals surface area contributed by atoms with Gasteiger partial charge in [0.15, 0.2) is 0 Å². The molecule has 5 heteroatoms. The second-order valence-corrected chi connectivity index (χ2v) is 5.17. The molecule has 2 aliphatic rings. The second-order valence-electron chi connectivity index (χ2n) is 4.69. The molecule has 0 unspecified atom stereocenters. The van der Waals surface area contributed by atoms with E-state index in [-0.39, 0.29) is 12.1 Å². The maximum absolute atomic E-state index is 12.0. The molecular weight excluding hydrogens is 252 g/mol. The van der Waals surface area contributed by atoms with Crippen LogP contribution in [0.5, 0.6) is 0 Å². The molecule has 1 aromatic carbocycles. The summed E-state index contributed by atoms with van der Waals surface area (Å²) in [6.45, 7) is 1.98. The van der Waals surface area contributed by atoms with Crippen LogP contribution in [0.25, 0.3) is 0 Å². The van der Waals surface area contributed by atoms with Crippen LogP contribution in [0.4, 0.5) is 10.5 Å². The number of hydrogen-bond acceptors (Lipinski definition) is 3. The van der Waals surface area contributed by atoms with E-state index >= 15 is 0 Å². The minimum Gasteiger partial charge on any atom is -0.444 e. The SMILES string of the molecule is O=C1OCc2ccccc2N1C1CCN(Cl)CC1. The largest absolute Gasteiger partial charge is 0.444 e. The van der Waals surface area contributed by atoms with Crippen LogP contribution in [0.1, 0.15) is 18.4 Å². The minimum atomic E-state index is -0.235. The lowest BCUT2D eigenvalue weighted by Gasteiger charge is -2.38. The number of ether oxygens (including phenoxy) is 1. The lowest BCUT2D eigenvalue weighted by Crippen LogP contribution is -2.48. The van der Waals surface area contributed by atoms with Gasteiger partial charge in [0.05, 0.1) is 5.69 Å². The third-order valence-corrected chi connectivity index (χ3v) is 3.91. The maximum atomic E-state index is 12.0. The van der Waals surface area contributed by atoms with E-state index in [0.29, 0.717) is 6.61 Å². The van der Waals surface area contributed by atoms with Crippen molar-refractivity contribution in [2.75, 3.05) is 18.0 Å². The lowest BCUT2D eigenvalue weighted by atomic mass is 10.0. The smallest absolute Gasteiger partial charge is 0.414 e. The number of hydrogen-bond donors (Lipinski definition) is 0. The van der Waals surface area contributed by atoms with E-state index < -0.39 is 0 Å². The average Bonchev–Trinajstić information content (AvgIpc) is 2.40. The third kappa shape index (κ3) is 2.06. The third-order valence-electron chi connectivity index (χ3n) is 3.57. The summed E-state index contributed by atoms with van der Waals surface area (Å²) in [4.78, 5) is 13.8. The number of halogens is 1. The Morgan fingerprint density at radius 1 is 1.22 bits per heavy atom. The fourth-order valence-corrected chi connectivity index (χ4v) is 2.81. The minimum absolute atomic E-state index is 0.189. The standard InChI is InChI=1S/C13H15ClN2O2/c14-15-7-5-11(6-8-15)16-12-4-2-1-3-10(12)9-18-13(16)17/h1-4,11H,5-9H2. The van der Waals surface area contributed by atoms with Gasteiger partial charge in [-0.05, 0) is 30.7 Å². The molecule has 0 aromatic heterocycles. The van der Waals surface area contributed by atoms with Crippen LogP contribution in [0.15, 0.2) is 24.3 Å². The molecule has 0 saturated carbocycles. The Labute approximate surface area is 111 Å². The summed E-state index contributed by atoms with van der Waals surface area (Å²) in [6.07, 6.45) is 1.53. The molecule has 1 amide bonds. The first kappa shape index (κ1) is 11.8. The Kier molecular flexibility index (Phi) is 3.14. The zero-order valence-corrected chi connectivity index (χ0v) is 10.8. The molecule has 1 saturated heterocycles. The Hall–Kier alpha value is -1.26. The number of amides is 1. The zero-order chi connectivity index (χ0) is 12.5. The molecule has 1 fully saturated rings. The number of cyclic esters (lactones) is 1. The van der Waals surface area contributed by atoms with Crippen molar-refractivity contribution in [3.8, 4) is 0 Å². The van der Waals surface area contributed by atoms with Gasteiger partial charge in [-0.2, -0.15) is 0 Å². The Morgan fingerprint density at radius 2 is 1.94 bits per heavy atom. The number of benzene rings is 1. The van der Waals surface area contributed by atoms with Crippen LogP contribution in [0, 0.1) is 0 Å². The van der Waals surface area contributed by atoms with Gasteiger partial charge in [-0.1, -0.05) is 18.2 Å². The van der Waals surface area contributed by atoms with E-state index in [1.165, 1.54) is 0 Å². The van der Waals surface area contributed by atoms with Crippen LogP contribution in [0.3, 0.4) is 0 Å². The molecule has 0 aliphatic carbocycles. The number of para-hydroxylation sites is 1. The van der Waals surface area contributed by atoms with Crippen molar-refractivity contribution in [3.05, 3.63) is 29.8 Å². The lowest BCUT2D eigenvalue weighted by molar-refractivity contribution is 0.136. The summed E-state index contributed by atoms with van der Waals surface area (Å²) in [5.74, 6) is 0. The van der Waals surface area contributed by atoms with Gasteiger partial charge in [-0.15, -0.1) is 0 Å². The molecular formula is C13H15ClN2O2. The highest BCUT2D eigenvalue weighted by Gasteiger charge is 2.33. The molecule has 1 aromatic rings. The van der Waals surface area contributed by atoms with Crippen LogP contribution in [0.2, 0.25) is 0 Å². The maximum Gasteiger partial charge on any atom is 0.414 e. The van der Waals surface area contributed by atoms with Crippen LogP contribution in [-0.2, 0) is 11.3 Å². The Morgan fingerprint density at radius 3 is 2.72 bits per heavy atom. The zero-order valence-electron chi connectivity index (χ0n) is 10.0. The first-order valence-electron chi connectivity index (χ1n) is 6.20. The monoisotopic (exact) mass is 266 g/mol. The highest BCUT2D eigenvalue weighted by molar-refractivity contribution is 6.13. The van der Waals surface area contributed by atoms with Gasteiger partial charge in [0.25, 0.3) is 0 Å². The van der Waals surface area contributed by atoms with Gasteiger partial charge < -0.3 is 4.74 Å². The Bertz CT molecular complexity index is 458. The second kappa shape index (κ2) is 4.78. The molecule has 0 radical (unpaired) electrons. The van der Waals surface area contributed by atoms with Crippen molar-refractivity contribution in [1.29, 1.82) is 0 Å². The van der Waals surface area contributed by atoms with E-state index in [1.807, 2.05) is 24.3 Å². The number of fused-ring (bicyclic) bond motifs is 1. The average molecular weight is 267 g/mol. The van der Waals surface area contributed by atoms with Crippen molar-refractivity contribution >= 4 is 23.6 Å². The predicted molar refractivity (Wildman–Crippen MR) is 69.6 cm³/mol. The summed E-state index contributed by atoms with van der Waals surface area (Å²) in [6, 6.07) is 8.11. The van der Waals surface area contributed by atoms with Gasteiger partial charge in [0.1, 0.15) is 6.61 Å². The van der Waals surface area contributed by atoms with Crippen LogP contribution >= 0.6 is 11.8 Å². The van der Waals surface area contributed by atoms with Crippen molar-refractivity contribution in [1.82, 2.24) is 4.42 Å². The molecule has 0 atom stereocenters. The molecule has 4 nitrogen and oxygen atoms in total. The summed E-state index contributed by atoms with van der Waals surface area (Å²) in [5, 5.41) is 0. The van der Waals surface area contributed by atoms with E-state index in [9.17, 15) is 4.79 Å². The van der Waals surface area contributed by atoms with Crippen molar-refractivity contribution < 1.29 is 9.53 Å². The highest BCUT2D eigenvalue weighted by Crippen LogP contribution is 2.31. The van der Waals surface area contributed by atoms with Crippen molar-refractivity contribution in [2.45, 2.75) is 25.5 Å². The van der Waals surface area contributed by atoms with Gasteiger partial charge in [-0.3, -0.25) is 4.90 Å². The predicted octanol–water partition coefficient (Wildman–Crippen LogP) is 2.76. The summed E-state index contributed by atoms with van der Waals surface area (Å²) in [7, 11) is 0. The number of nitrogens with zero attached hydrogens (tertiary/aromatic N) is 2. The van der Waals surface area contributed by atoms with Gasteiger partial charge in [0.2, 0.25) is 0 Å². The van der Waals surface area contributed by atoms with E-state index in [2.05, 4.69) is 0 Å². The van der Waals surface area contributed by atoms with E-state index in [4.69, 9.17) is 16.5 Å². The molecule has 0 spiro atoms. The van der Waals surface area contributed by atoms with Crippen molar-refractivity contribution in [2.24, 2.45) is 0 Å². The topological polar surface area (TPSA) is 32.8 Å². The first-order valence-corrected chi connectivity index (χ1v) is 6.54. The van der Waals surface area contributed by atoms with Crippen molar-refractivity contribution in [3.63, 3.8) is 0 Å². The van der Waals surface area contributed by atoms with Crippen LogP contribution < -0.4 is 4.90 Å². The first-order chi connectivity index (χ1) is 8.75. The fraction of sp³-hybridized carbons (Fsp3) is 0.462. The van der Waals surface area contributed by atoms with E-state index in [1.54, 1.807) is 9.32 Å².